The topological polar surface area (TPSA) is 50.2 Å². The Labute approximate surface area is 137 Å². The first-order valence-electron chi connectivity index (χ1n) is 7.61. The molecule has 1 amide bonds. The number of rotatable bonds is 2. The van der Waals surface area contributed by atoms with Gasteiger partial charge in [0.05, 0.1) is 5.69 Å². The van der Waals surface area contributed by atoms with E-state index in [4.69, 9.17) is 0 Å². The van der Waals surface area contributed by atoms with Crippen LogP contribution in [0.5, 0.6) is 0 Å². The number of hydrogen-bond donors (Lipinski definition) is 1. The van der Waals surface area contributed by atoms with Crippen molar-refractivity contribution >= 4 is 5.91 Å². The van der Waals surface area contributed by atoms with Gasteiger partial charge >= 0.3 is 6.18 Å². The molecule has 1 atom stereocenters. The van der Waals surface area contributed by atoms with Crippen molar-refractivity contribution in [3.8, 4) is 5.69 Å². The Balaban J connectivity index is 1.86. The third kappa shape index (κ3) is 3.28. The summed E-state index contributed by atoms with van der Waals surface area (Å²) >= 11 is 0. The molecule has 1 saturated heterocycles. The van der Waals surface area contributed by atoms with Gasteiger partial charge in [-0.15, -0.1) is 0 Å². The Morgan fingerprint density at radius 2 is 2.12 bits per heavy atom. The van der Waals surface area contributed by atoms with Crippen LogP contribution < -0.4 is 5.32 Å². The molecular formula is C16H17F3N4O. The number of aromatic nitrogens is 2. The van der Waals surface area contributed by atoms with Crippen LogP contribution in [0.1, 0.15) is 23.0 Å². The monoisotopic (exact) mass is 338 g/mol. The molecule has 2 aromatic rings. The Bertz CT molecular complexity index is 741. The zero-order chi connectivity index (χ0) is 17.3. The molecule has 0 bridgehead atoms. The molecule has 0 unspecified atom stereocenters. The molecule has 1 aliphatic heterocycles. The predicted molar refractivity (Wildman–Crippen MR) is 81.9 cm³/mol. The number of amides is 1. The highest BCUT2D eigenvalue weighted by Crippen LogP contribution is 2.28. The fourth-order valence-electron chi connectivity index (χ4n) is 2.71. The summed E-state index contributed by atoms with van der Waals surface area (Å²) in [5.74, 6) is -0.131. The van der Waals surface area contributed by atoms with E-state index in [1.807, 2.05) is 6.92 Å². The Morgan fingerprint density at radius 3 is 2.79 bits per heavy atom. The predicted octanol–water partition coefficient (Wildman–Crippen LogP) is 2.33. The number of carbonyl (C=O) groups excluding carboxylic acids is 1. The number of benzene rings is 1. The molecule has 3 rings (SSSR count). The largest absolute Gasteiger partial charge is 0.435 e. The van der Waals surface area contributed by atoms with Crippen LogP contribution in [0.15, 0.2) is 36.5 Å². The van der Waals surface area contributed by atoms with Gasteiger partial charge in [-0.3, -0.25) is 4.79 Å². The third-order valence-electron chi connectivity index (χ3n) is 4.00. The maximum Gasteiger partial charge on any atom is 0.435 e. The highest BCUT2D eigenvalue weighted by Gasteiger charge is 2.33. The van der Waals surface area contributed by atoms with Gasteiger partial charge in [0.2, 0.25) is 0 Å². The zero-order valence-corrected chi connectivity index (χ0v) is 13.0. The summed E-state index contributed by atoms with van der Waals surface area (Å²) in [7, 11) is 0. The minimum atomic E-state index is -4.49. The number of alkyl halides is 3. The van der Waals surface area contributed by atoms with Crippen LogP contribution in [-0.2, 0) is 6.18 Å². The Morgan fingerprint density at radius 1 is 1.33 bits per heavy atom. The van der Waals surface area contributed by atoms with E-state index in [0.717, 1.165) is 23.8 Å². The number of nitrogens with one attached hydrogen (secondary N) is 1. The quantitative estimate of drug-likeness (QED) is 0.914. The molecule has 128 valence electrons. The summed E-state index contributed by atoms with van der Waals surface area (Å²) in [6, 6.07) is 7.46. The number of piperazine rings is 1. The summed E-state index contributed by atoms with van der Waals surface area (Å²) in [6.45, 7) is 4.00. The van der Waals surface area contributed by atoms with E-state index in [-0.39, 0.29) is 11.9 Å². The molecular weight excluding hydrogens is 321 g/mol. The number of carbonyl (C=O) groups is 1. The van der Waals surface area contributed by atoms with Crippen molar-refractivity contribution in [3.05, 3.63) is 47.8 Å². The van der Waals surface area contributed by atoms with Crippen LogP contribution in [0.2, 0.25) is 0 Å². The van der Waals surface area contributed by atoms with Crippen molar-refractivity contribution in [2.45, 2.75) is 19.1 Å². The van der Waals surface area contributed by atoms with Crippen LogP contribution in [0.4, 0.5) is 13.2 Å². The van der Waals surface area contributed by atoms with Crippen molar-refractivity contribution in [1.29, 1.82) is 0 Å². The van der Waals surface area contributed by atoms with Crippen molar-refractivity contribution in [2.24, 2.45) is 0 Å². The molecule has 2 heterocycles. The summed E-state index contributed by atoms with van der Waals surface area (Å²) < 4.78 is 39.1. The first-order valence-corrected chi connectivity index (χ1v) is 7.61. The van der Waals surface area contributed by atoms with Crippen LogP contribution >= 0.6 is 0 Å². The molecule has 1 fully saturated rings. The highest BCUT2D eigenvalue weighted by atomic mass is 19.4. The van der Waals surface area contributed by atoms with Crippen molar-refractivity contribution in [2.75, 3.05) is 19.6 Å². The van der Waals surface area contributed by atoms with Crippen molar-refractivity contribution < 1.29 is 18.0 Å². The van der Waals surface area contributed by atoms with Gasteiger partial charge in [-0.2, -0.15) is 18.3 Å². The maximum atomic E-state index is 12.7. The van der Waals surface area contributed by atoms with Gasteiger partial charge in [0, 0.05) is 37.4 Å². The van der Waals surface area contributed by atoms with Crippen LogP contribution in [-0.4, -0.2) is 46.3 Å². The lowest BCUT2D eigenvalue weighted by Gasteiger charge is -2.34. The Hall–Kier alpha value is -2.35. The molecule has 24 heavy (non-hydrogen) atoms. The molecule has 1 aromatic heterocycles. The molecule has 0 aliphatic carbocycles. The smallest absolute Gasteiger partial charge is 0.333 e. The molecule has 8 heteroatoms. The fourth-order valence-corrected chi connectivity index (χ4v) is 2.71. The van der Waals surface area contributed by atoms with Crippen molar-refractivity contribution in [3.63, 3.8) is 0 Å². The first-order chi connectivity index (χ1) is 11.4. The molecule has 1 aromatic carbocycles. The van der Waals surface area contributed by atoms with E-state index in [2.05, 4.69) is 10.4 Å². The lowest BCUT2D eigenvalue weighted by atomic mass is 10.1. The maximum absolute atomic E-state index is 12.7. The molecule has 0 radical (unpaired) electrons. The number of nitrogens with zero attached hydrogens (tertiary/aromatic N) is 3. The van der Waals surface area contributed by atoms with Gasteiger partial charge in [-0.05, 0) is 31.2 Å². The Kier molecular flexibility index (Phi) is 4.31. The molecule has 5 nitrogen and oxygen atoms in total. The van der Waals surface area contributed by atoms with Gasteiger partial charge in [-0.1, -0.05) is 6.07 Å². The van der Waals surface area contributed by atoms with Gasteiger partial charge < -0.3 is 10.2 Å². The third-order valence-corrected chi connectivity index (χ3v) is 4.00. The second kappa shape index (κ2) is 6.27. The fraction of sp³-hybridized carbons (Fsp3) is 0.375. The zero-order valence-electron chi connectivity index (χ0n) is 13.0. The molecule has 1 aliphatic rings. The van der Waals surface area contributed by atoms with Gasteiger partial charge in [-0.25, -0.2) is 4.68 Å². The van der Waals surface area contributed by atoms with Crippen LogP contribution in [0, 0.1) is 0 Å². The number of hydrogen-bond acceptors (Lipinski definition) is 3. The lowest BCUT2D eigenvalue weighted by Crippen LogP contribution is -2.52. The minimum absolute atomic E-state index is 0.0661. The van der Waals surface area contributed by atoms with E-state index in [9.17, 15) is 18.0 Å². The normalized spacial score (nSPS) is 18.7. The van der Waals surface area contributed by atoms with Gasteiger partial charge in [0.15, 0.2) is 5.69 Å². The van der Waals surface area contributed by atoms with Crippen molar-refractivity contribution in [1.82, 2.24) is 20.0 Å². The summed E-state index contributed by atoms with van der Waals surface area (Å²) in [5.41, 5.74) is -0.112. The highest BCUT2D eigenvalue weighted by molar-refractivity contribution is 5.95. The van der Waals surface area contributed by atoms with E-state index in [1.165, 1.54) is 6.20 Å². The SMILES string of the molecule is C[C@@H]1CNCCN1C(=O)c1cccc(-n2ccc(C(F)(F)F)n2)c1. The minimum Gasteiger partial charge on any atom is -0.333 e. The molecule has 0 saturated carbocycles. The number of halogens is 3. The lowest BCUT2D eigenvalue weighted by molar-refractivity contribution is -0.141. The van der Waals surface area contributed by atoms with E-state index in [1.54, 1.807) is 29.2 Å². The standard InChI is InChI=1S/C16H17F3N4O/c1-11-10-20-6-8-22(11)15(24)12-3-2-4-13(9-12)23-7-5-14(21-23)16(17,18)19/h2-5,7,9,11,20H,6,8,10H2,1H3/t11-/m1/s1. The van der Waals surface area contributed by atoms with Crippen LogP contribution in [0.3, 0.4) is 0 Å². The molecule has 0 spiro atoms. The summed E-state index contributed by atoms with van der Waals surface area (Å²) in [6.07, 6.45) is -3.26. The second-order valence-corrected chi connectivity index (χ2v) is 5.75. The summed E-state index contributed by atoms with van der Waals surface area (Å²) in [5, 5.41) is 6.75. The van der Waals surface area contributed by atoms with E-state index < -0.39 is 11.9 Å². The van der Waals surface area contributed by atoms with Crippen LogP contribution in [0.25, 0.3) is 5.69 Å². The van der Waals surface area contributed by atoms with E-state index >= 15 is 0 Å². The van der Waals surface area contributed by atoms with Gasteiger partial charge in [0.25, 0.3) is 5.91 Å². The molecule has 1 N–H and O–H groups in total. The summed E-state index contributed by atoms with van der Waals surface area (Å²) in [4.78, 5) is 14.4. The van der Waals surface area contributed by atoms with E-state index in [0.29, 0.717) is 17.8 Å². The first kappa shape index (κ1) is 16.5. The second-order valence-electron chi connectivity index (χ2n) is 5.75. The average molecular weight is 338 g/mol. The average Bonchev–Trinajstić information content (AvgIpc) is 3.05. The van der Waals surface area contributed by atoms with Gasteiger partial charge in [0.1, 0.15) is 0 Å².